The number of hydrogen-bond acceptors (Lipinski definition) is 4. The number of nitrogens with one attached hydrogen (secondary N) is 1. The standard InChI is InChI=1S/C25H29FN4O2/c1-29-17-23(25(31)27-21-8-6-20(26)7-9-21)24(28-29)15-18-10-12-30(13-11-18)16-19-4-3-5-22(14-19)32-2/h3-9,14,17-18H,10-13,15-16H2,1-2H3,(H,27,31). The molecule has 0 bridgehead atoms. The van der Waals surface area contributed by atoms with Crippen molar-refractivity contribution in [1.29, 1.82) is 0 Å². The van der Waals surface area contributed by atoms with Crippen molar-refractivity contribution in [2.75, 3.05) is 25.5 Å². The lowest BCUT2D eigenvalue weighted by molar-refractivity contribution is 0.102. The van der Waals surface area contributed by atoms with E-state index in [0.717, 1.165) is 50.3 Å². The quantitative estimate of drug-likeness (QED) is 0.601. The Morgan fingerprint density at radius 1 is 1.19 bits per heavy atom. The lowest BCUT2D eigenvalue weighted by Gasteiger charge is -2.31. The number of carbonyl (C=O) groups is 1. The molecule has 168 valence electrons. The van der Waals surface area contributed by atoms with E-state index in [2.05, 4.69) is 27.4 Å². The van der Waals surface area contributed by atoms with Gasteiger partial charge in [0, 0.05) is 25.5 Å². The predicted molar refractivity (Wildman–Crippen MR) is 122 cm³/mol. The van der Waals surface area contributed by atoms with Crippen LogP contribution in [-0.2, 0) is 20.0 Å². The van der Waals surface area contributed by atoms with Crippen LogP contribution in [0.15, 0.2) is 54.7 Å². The molecule has 6 nitrogen and oxygen atoms in total. The van der Waals surface area contributed by atoms with Crippen LogP contribution in [0.3, 0.4) is 0 Å². The molecule has 0 saturated carbocycles. The Hall–Kier alpha value is -3.19. The zero-order chi connectivity index (χ0) is 22.5. The third kappa shape index (κ3) is 5.53. The van der Waals surface area contributed by atoms with Gasteiger partial charge in [0.2, 0.25) is 0 Å². The Bertz CT molecular complexity index is 1060. The van der Waals surface area contributed by atoms with E-state index in [-0.39, 0.29) is 11.7 Å². The molecular formula is C25H29FN4O2. The number of amides is 1. The summed E-state index contributed by atoms with van der Waals surface area (Å²) in [5.74, 6) is 0.834. The van der Waals surface area contributed by atoms with E-state index in [1.165, 1.54) is 17.7 Å². The Balaban J connectivity index is 1.34. The molecule has 0 unspecified atom stereocenters. The van der Waals surface area contributed by atoms with Crippen molar-refractivity contribution in [2.24, 2.45) is 13.0 Å². The van der Waals surface area contributed by atoms with Gasteiger partial charge in [-0.3, -0.25) is 14.4 Å². The second kappa shape index (κ2) is 9.96. The van der Waals surface area contributed by atoms with Crippen molar-refractivity contribution in [2.45, 2.75) is 25.8 Å². The minimum absolute atomic E-state index is 0.213. The number of carbonyl (C=O) groups excluding carboxylic acids is 1. The van der Waals surface area contributed by atoms with Crippen LogP contribution in [0, 0.1) is 11.7 Å². The van der Waals surface area contributed by atoms with E-state index in [1.807, 2.05) is 19.2 Å². The molecule has 1 fully saturated rings. The van der Waals surface area contributed by atoms with E-state index in [0.29, 0.717) is 17.2 Å². The number of aromatic nitrogens is 2. The van der Waals surface area contributed by atoms with Gasteiger partial charge in [0.1, 0.15) is 11.6 Å². The highest BCUT2D eigenvalue weighted by atomic mass is 19.1. The van der Waals surface area contributed by atoms with Crippen molar-refractivity contribution >= 4 is 11.6 Å². The fourth-order valence-electron chi connectivity index (χ4n) is 4.26. The predicted octanol–water partition coefficient (Wildman–Crippen LogP) is 4.27. The molecule has 1 aliphatic rings. The van der Waals surface area contributed by atoms with E-state index < -0.39 is 0 Å². The second-order valence-corrected chi connectivity index (χ2v) is 8.40. The van der Waals surface area contributed by atoms with Crippen molar-refractivity contribution in [3.63, 3.8) is 0 Å². The number of methoxy groups -OCH3 is 1. The minimum Gasteiger partial charge on any atom is -0.497 e. The van der Waals surface area contributed by atoms with Crippen molar-refractivity contribution in [1.82, 2.24) is 14.7 Å². The monoisotopic (exact) mass is 436 g/mol. The Morgan fingerprint density at radius 2 is 1.94 bits per heavy atom. The summed E-state index contributed by atoms with van der Waals surface area (Å²) in [5, 5.41) is 7.40. The van der Waals surface area contributed by atoms with Crippen LogP contribution < -0.4 is 10.1 Å². The summed E-state index contributed by atoms with van der Waals surface area (Å²) in [7, 11) is 3.52. The molecule has 1 saturated heterocycles. The van der Waals surface area contributed by atoms with Gasteiger partial charge in [-0.1, -0.05) is 12.1 Å². The van der Waals surface area contributed by atoms with E-state index in [1.54, 1.807) is 30.1 Å². The summed E-state index contributed by atoms with van der Waals surface area (Å²) in [4.78, 5) is 15.3. The Labute approximate surface area is 188 Å². The third-order valence-electron chi connectivity index (χ3n) is 5.98. The number of rotatable bonds is 7. The lowest BCUT2D eigenvalue weighted by atomic mass is 9.91. The molecular weight excluding hydrogens is 407 g/mol. The fraction of sp³-hybridized carbons (Fsp3) is 0.360. The number of likely N-dealkylation sites (tertiary alicyclic amines) is 1. The first-order valence-corrected chi connectivity index (χ1v) is 10.9. The van der Waals surface area contributed by atoms with Crippen LogP contribution in [0.25, 0.3) is 0 Å². The smallest absolute Gasteiger partial charge is 0.259 e. The van der Waals surface area contributed by atoms with Crippen molar-refractivity contribution in [3.8, 4) is 5.75 Å². The summed E-state index contributed by atoms with van der Waals surface area (Å²) in [5.41, 5.74) is 3.22. The number of halogens is 1. The first-order chi connectivity index (χ1) is 15.5. The molecule has 1 aliphatic heterocycles. The molecule has 0 aliphatic carbocycles. The van der Waals surface area contributed by atoms with E-state index in [9.17, 15) is 9.18 Å². The summed E-state index contributed by atoms with van der Waals surface area (Å²) >= 11 is 0. The third-order valence-corrected chi connectivity index (χ3v) is 5.98. The number of hydrogen-bond donors (Lipinski definition) is 1. The van der Waals surface area contributed by atoms with Crippen LogP contribution in [0.4, 0.5) is 10.1 Å². The normalized spacial score (nSPS) is 15.0. The summed E-state index contributed by atoms with van der Waals surface area (Å²) in [6.45, 7) is 2.95. The number of piperidine rings is 1. The largest absolute Gasteiger partial charge is 0.497 e. The number of benzene rings is 2. The Morgan fingerprint density at radius 3 is 2.66 bits per heavy atom. The average Bonchev–Trinajstić information content (AvgIpc) is 3.17. The van der Waals surface area contributed by atoms with Gasteiger partial charge in [0.05, 0.1) is 18.4 Å². The molecule has 2 aromatic carbocycles. The highest BCUT2D eigenvalue weighted by Gasteiger charge is 2.24. The number of anilines is 1. The van der Waals surface area contributed by atoms with Gasteiger partial charge in [-0.2, -0.15) is 5.10 Å². The Kier molecular flexibility index (Phi) is 6.85. The number of nitrogens with zero attached hydrogens (tertiary/aromatic N) is 3. The summed E-state index contributed by atoms with van der Waals surface area (Å²) in [6, 6.07) is 14.0. The zero-order valence-corrected chi connectivity index (χ0v) is 18.6. The molecule has 3 aromatic rings. The fourth-order valence-corrected chi connectivity index (χ4v) is 4.26. The maximum Gasteiger partial charge on any atom is 0.259 e. The first kappa shape index (κ1) is 22.0. The minimum atomic E-state index is -0.331. The van der Waals surface area contributed by atoms with Gasteiger partial charge in [-0.05, 0) is 80.2 Å². The molecule has 1 aromatic heterocycles. The van der Waals surface area contributed by atoms with E-state index >= 15 is 0 Å². The van der Waals surface area contributed by atoms with Crippen LogP contribution in [0.1, 0.15) is 34.5 Å². The molecule has 32 heavy (non-hydrogen) atoms. The van der Waals surface area contributed by atoms with Crippen molar-refractivity contribution < 1.29 is 13.9 Å². The van der Waals surface area contributed by atoms with Gasteiger partial charge in [-0.15, -0.1) is 0 Å². The molecule has 4 rings (SSSR count). The molecule has 0 radical (unpaired) electrons. The highest BCUT2D eigenvalue weighted by Crippen LogP contribution is 2.25. The summed E-state index contributed by atoms with van der Waals surface area (Å²) in [6.07, 6.45) is 4.67. The number of aryl methyl sites for hydroxylation is 1. The van der Waals surface area contributed by atoms with Crippen molar-refractivity contribution in [3.05, 3.63) is 77.4 Å². The van der Waals surface area contributed by atoms with Crippen LogP contribution in [0.2, 0.25) is 0 Å². The lowest BCUT2D eigenvalue weighted by Crippen LogP contribution is -2.34. The molecule has 0 spiro atoms. The van der Waals surface area contributed by atoms with Gasteiger partial charge in [-0.25, -0.2) is 4.39 Å². The van der Waals surface area contributed by atoms with Crippen LogP contribution >= 0.6 is 0 Å². The molecule has 2 heterocycles. The first-order valence-electron chi connectivity index (χ1n) is 10.9. The van der Waals surface area contributed by atoms with Gasteiger partial charge in [0.25, 0.3) is 5.91 Å². The SMILES string of the molecule is COc1cccc(CN2CCC(Cc3nn(C)cc3C(=O)Nc3ccc(F)cc3)CC2)c1. The highest BCUT2D eigenvalue weighted by molar-refractivity contribution is 6.04. The second-order valence-electron chi connectivity index (χ2n) is 8.40. The molecule has 1 amide bonds. The average molecular weight is 437 g/mol. The molecule has 7 heteroatoms. The topological polar surface area (TPSA) is 59.4 Å². The number of ether oxygens (including phenoxy) is 1. The van der Waals surface area contributed by atoms with E-state index in [4.69, 9.17) is 4.74 Å². The zero-order valence-electron chi connectivity index (χ0n) is 18.6. The molecule has 1 N–H and O–H groups in total. The van der Waals surface area contributed by atoms with Gasteiger partial charge >= 0.3 is 0 Å². The maximum atomic E-state index is 13.1. The summed E-state index contributed by atoms with van der Waals surface area (Å²) < 4.78 is 20.1. The van der Waals surface area contributed by atoms with Gasteiger partial charge in [0.15, 0.2) is 0 Å². The van der Waals surface area contributed by atoms with Crippen LogP contribution in [0.5, 0.6) is 5.75 Å². The molecule has 0 atom stereocenters. The van der Waals surface area contributed by atoms with Gasteiger partial charge < -0.3 is 10.1 Å². The van der Waals surface area contributed by atoms with Crippen LogP contribution in [-0.4, -0.2) is 40.8 Å². The maximum absolute atomic E-state index is 13.1.